The Morgan fingerprint density at radius 1 is 1.07 bits per heavy atom. The van der Waals surface area contributed by atoms with Crippen molar-refractivity contribution in [1.29, 1.82) is 0 Å². The fourth-order valence-corrected chi connectivity index (χ4v) is 1.68. The zero-order valence-electron chi connectivity index (χ0n) is 10.8. The molecule has 0 aromatic heterocycles. The van der Waals surface area contributed by atoms with Gasteiger partial charge in [-0.2, -0.15) is 0 Å². The standard InChI is InChI=1S/C12H29N2/c1-6-9-10-11-13-12(4)14(5,7-2)8-3/h12-13H,6-11H2,1-5H3/q+1. The summed E-state index contributed by atoms with van der Waals surface area (Å²) in [6.45, 7) is 12.7. The number of nitrogens with zero attached hydrogens (tertiary/aromatic N) is 1. The summed E-state index contributed by atoms with van der Waals surface area (Å²) in [6.07, 6.45) is 4.56. The molecular weight excluding hydrogens is 172 g/mol. The second-order valence-corrected chi connectivity index (χ2v) is 4.45. The van der Waals surface area contributed by atoms with Gasteiger partial charge in [0.2, 0.25) is 0 Å². The highest BCUT2D eigenvalue weighted by molar-refractivity contribution is 4.51. The Balaban J connectivity index is 3.75. The van der Waals surface area contributed by atoms with E-state index in [1.165, 1.54) is 38.9 Å². The lowest BCUT2D eigenvalue weighted by atomic mass is 10.2. The van der Waals surface area contributed by atoms with Crippen molar-refractivity contribution in [3.8, 4) is 0 Å². The fraction of sp³-hybridized carbons (Fsp3) is 1.00. The van der Waals surface area contributed by atoms with Gasteiger partial charge in [-0.15, -0.1) is 0 Å². The van der Waals surface area contributed by atoms with E-state index in [1.54, 1.807) is 0 Å². The van der Waals surface area contributed by atoms with E-state index in [0.717, 1.165) is 4.48 Å². The number of hydrogen-bond acceptors (Lipinski definition) is 1. The van der Waals surface area contributed by atoms with Crippen molar-refractivity contribution >= 4 is 0 Å². The van der Waals surface area contributed by atoms with Crippen LogP contribution in [0.4, 0.5) is 0 Å². The van der Waals surface area contributed by atoms with Crippen LogP contribution in [0.25, 0.3) is 0 Å². The highest BCUT2D eigenvalue weighted by Gasteiger charge is 2.23. The summed E-state index contributed by atoms with van der Waals surface area (Å²) in [6, 6.07) is 0. The molecule has 0 aromatic rings. The largest absolute Gasteiger partial charge is 0.312 e. The van der Waals surface area contributed by atoms with Crippen LogP contribution in [0.1, 0.15) is 47.0 Å². The molecule has 1 N–H and O–H groups in total. The first-order valence-electron chi connectivity index (χ1n) is 6.18. The van der Waals surface area contributed by atoms with Gasteiger partial charge in [-0.1, -0.05) is 19.8 Å². The first-order valence-corrected chi connectivity index (χ1v) is 6.18. The molecule has 0 bridgehead atoms. The Bertz CT molecular complexity index is 130. The van der Waals surface area contributed by atoms with Crippen LogP contribution in [-0.2, 0) is 0 Å². The van der Waals surface area contributed by atoms with Crippen molar-refractivity contribution in [2.45, 2.75) is 53.1 Å². The first kappa shape index (κ1) is 13.9. The lowest BCUT2D eigenvalue weighted by Gasteiger charge is -2.38. The van der Waals surface area contributed by atoms with Crippen LogP contribution in [-0.4, -0.2) is 37.3 Å². The number of rotatable bonds is 8. The Hall–Kier alpha value is -0.0800. The minimum atomic E-state index is 0.585. The number of unbranched alkanes of at least 4 members (excludes halogenated alkanes) is 2. The normalized spacial score (nSPS) is 14.4. The molecule has 2 heteroatoms. The summed E-state index contributed by atoms with van der Waals surface area (Å²) in [5.41, 5.74) is 0. The average Bonchev–Trinajstić information content (AvgIpc) is 2.22. The molecule has 0 saturated heterocycles. The topological polar surface area (TPSA) is 12.0 Å². The maximum atomic E-state index is 3.63. The van der Waals surface area contributed by atoms with E-state index in [-0.39, 0.29) is 0 Å². The minimum Gasteiger partial charge on any atom is -0.312 e. The molecule has 86 valence electrons. The molecule has 0 heterocycles. The molecule has 2 nitrogen and oxygen atoms in total. The van der Waals surface area contributed by atoms with Crippen LogP contribution < -0.4 is 5.32 Å². The molecule has 0 spiro atoms. The SMILES string of the molecule is CCCCCNC(C)[N+](C)(CC)CC. The Kier molecular flexibility index (Phi) is 7.20. The van der Waals surface area contributed by atoms with Crippen LogP contribution in [0.3, 0.4) is 0 Å². The predicted octanol–water partition coefficient (Wildman–Crippen LogP) is 2.60. The number of nitrogens with one attached hydrogen (secondary N) is 1. The predicted molar refractivity (Wildman–Crippen MR) is 64.3 cm³/mol. The van der Waals surface area contributed by atoms with E-state index < -0.39 is 0 Å². The molecule has 0 rings (SSSR count). The van der Waals surface area contributed by atoms with E-state index in [1.807, 2.05) is 0 Å². The van der Waals surface area contributed by atoms with Crippen LogP contribution in [0, 0.1) is 0 Å². The van der Waals surface area contributed by atoms with E-state index in [0.29, 0.717) is 6.17 Å². The van der Waals surface area contributed by atoms with Crippen LogP contribution in [0.15, 0.2) is 0 Å². The summed E-state index contributed by atoms with van der Waals surface area (Å²) in [7, 11) is 2.33. The lowest BCUT2D eigenvalue weighted by Crippen LogP contribution is -2.57. The monoisotopic (exact) mass is 201 g/mol. The quantitative estimate of drug-likeness (QED) is 0.362. The van der Waals surface area contributed by atoms with Crippen molar-refractivity contribution in [3.63, 3.8) is 0 Å². The summed E-state index contributed by atoms with van der Waals surface area (Å²) in [5, 5.41) is 3.63. The van der Waals surface area contributed by atoms with Gasteiger partial charge >= 0.3 is 0 Å². The summed E-state index contributed by atoms with van der Waals surface area (Å²) in [4.78, 5) is 0. The number of hydrogen-bond donors (Lipinski definition) is 1. The Morgan fingerprint density at radius 3 is 2.07 bits per heavy atom. The second kappa shape index (κ2) is 7.24. The molecule has 1 unspecified atom stereocenters. The molecule has 0 aromatic carbocycles. The van der Waals surface area contributed by atoms with Crippen LogP contribution >= 0.6 is 0 Å². The molecule has 0 radical (unpaired) electrons. The third kappa shape index (κ3) is 4.43. The third-order valence-corrected chi connectivity index (χ3v) is 3.60. The minimum absolute atomic E-state index is 0.585. The molecule has 14 heavy (non-hydrogen) atoms. The zero-order chi connectivity index (χ0) is 11.0. The van der Waals surface area contributed by atoms with Crippen LogP contribution in [0.2, 0.25) is 0 Å². The van der Waals surface area contributed by atoms with Gasteiger partial charge in [0.15, 0.2) is 0 Å². The van der Waals surface area contributed by atoms with E-state index in [9.17, 15) is 0 Å². The Labute approximate surface area is 90.3 Å². The van der Waals surface area contributed by atoms with Crippen molar-refractivity contribution in [1.82, 2.24) is 5.32 Å². The molecule has 1 atom stereocenters. The van der Waals surface area contributed by atoms with Gasteiger partial charge in [0, 0.05) is 13.5 Å². The van der Waals surface area contributed by atoms with Gasteiger partial charge in [-0.25, -0.2) is 0 Å². The average molecular weight is 201 g/mol. The highest BCUT2D eigenvalue weighted by Crippen LogP contribution is 2.06. The van der Waals surface area contributed by atoms with E-state index >= 15 is 0 Å². The van der Waals surface area contributed by atoms with Gasteiger partial charge in [0.25, 0.3) is 0 Å². The lowest BCUT2D eigenvalue weighted by molar-refractivity contribution is -0.931. The first-order chi connectivity index (χ1) is 6.60. The van der Waals surface area contributed by atoms with Gasteiger partial charge < -0.3 is 4.48 Å². The summed E-state index contributed by atoms with van der Waals surface area (Å²) < 4.78 is 1.13. The molecule has 0 amide bonds. The van der Waals surface area contributed by atoms with E-state index in [2.05, 4.69) is 40.1 Å². The number of quaternary nitrogens is 1. The van der Waals surface area contributed by atoms with Crippen molar-refractivity contribution in [2.75, 3.05) is 26.7 Å². The summed E-state index contributed by atoms with van der Waals surface area (Å²) >= 11 is 0. The highest BCUT2D eigenvalue weighted by atomic mass is 15.4. The maximum absolute atomic E-state index is 3.63. The fourth-order valence-electron chi connectivity index (χ4n) is 1.68. The molecule has 0 aliphatic heterocycles. The van der Waals surface area contributed by atoms with Gasteiger partial charge in [0.05, 0.1) is 20.1 Å². The molecular formula is C12H29N2+. The van der Waals surface area contributed by atoms with Crippen molar-refractivity contribution in [3.05, 3.63) is 0 Å². The zero-order valence-corrected chi connectivity index (χ0v) is 10.8. The van der Waals surface area contributed by atoms with E-state index in [4.69, 9.17) is 0 Å². The molecule has 0 fully saturated rings. The maximum Gasteiger partial charge on any atom is 0.139 e. The second-order valence-electron chi connectivity index (χ2n) is 4.45. The smallest absolute Gasteiger partial charge is 0.139 e. The third-order valence-electron chi connectivity index (χ3n) is 3.60. The van der Waals surface area contributed by atoms with Gasteiger partial charge in [-0.05, 0) is 20.3 Å². The van der Waals surface area contributed by atoms with Crippen LogP contribution in [0.5, 0.6) is 0 Å². The Morgan fingerprint density at radius 2 is 1.64 bits per heavy atom. The molecule has 0 aliphatic carbocycles. The molecule has 0 saturated carbocycles. The van der Waals surface area contributed by atoms with Crippen molar-refractivity contribution in [2.24, 2.45) is 0 Å². The van der Waals surface area contributed by atoms with Gasteiger partial charge in [0.1, 0.15) is 6.17 Å². The molecule has 0 aliphatic rings. The summed E-state index contributed by atoms with van der Waals surface area (Å²) in [5.74, 6) is 0. The van der Waals surface area contributed by atoms with Gasteiger partial charge in [-0.3, -0.25) is 5.32 Å². The van der Waals surface area contributed by atoms with Crippen molar-refractivity contribution < 1.29 is 4.48 Å².